The van der Waals surface area contributed by atoms with Gasteiger partial charge in [-0.2, -0.15) is 0 Å². The Morgan fingerprint density at radius 1 is 1.26 bits per heavy atom. The second kappa shape index (κ2) is 6.27. The molecule has 0 saturated heterocycles. The minimum absolute atomic E-state index is 0.562. The van der Waals surface area contributed by atoms with E-state index >= 15 is 0 Å². The number of hydrogen-bond acceptors (Lipinski definition) is 2. The lowest BCUT2D eigenvalue weighted by molar-refractivity contribution is 0.115. The summed E-state index contributed by atoms with van der Waals surface area (Å²) < 4.78 is 5.81. The smallest absolute Gasteiger partial charge is 0.122 e. The average molecular weight is 324 g/mol. The maximum Gasteiger partial charge on any atom is 0.122 e. The van der Waals surface area contributed by atoms with Crippen LogP contribution in [0.1, 0.15) is 37.2 Å². The number of fused-ring (bicyclic) bond motifs is 1. The van der Waals surface area contributed by atoms with Crippen LogP contribution >= 0.6 is 15.9 Å². The number of alkyl halides is 1. The predicted molar refractivity (Wildman–Crippen MR) is 82.3 cm³/mol. The predicted octanol–water partition coefficient (Wildman–Crippen LogP) is 3.80. The minimum atomic E-state index is 0.562. The lowest BCUT2D eigenvalue weighted by Gasteiger charge is -2.38. The zero-order chi connectivity index (χ0) is 13.1. The van der Waals surface area contributed by atoms with E-state index in [4.69, 9.17) is 4.74 Å². The maximum atomic E-state index is 5.81. The molecule has 19 heavy (non-hydrogen) atoms. The van der Waals surface area contributed by atoms with Crippen molar-refractivity contribution < 1.29 is 4.74 Å². The minimum Gasteiger partial charge on any atom is -0.493 e. The van der Waals surface area contributed by atoms with Crippen LogP contribution in [0.4, 0.5) is 0 Å². The van der Waals surface area contributed by atoms with E-state index in [0.29, 0.717) is 5.92 Å². The second-order valence-electron chi connectivity index (χ2n) is 5.67. The van der Waals surface area contributed by atoms with E-state index in [0.717, 1.165) is 30.3 Å². The van der Waals surface area contributed by atoms with Gasteiger partial charge in [0.25, 0.3) is 0 Å². The van der Waals surface area contributed by atoms with Crippen molar-refractivity contribution in [2.24, 2.45) is 0 Å². The Balaban J connectivity index is 1.65. The van der Waals surface area contributed by atoms with E-state index in [1.165, 1.54) is 37.8 Å². The Labute approximate surface area is 124 Å². The Hall–Kier alpha value is -0.540. The van der Waals surface area contributed by atoms with Crippen molar-refractivity contribution in [2.45, 2.75) is 37.6 Å². The quantitative estimate of drug-likeness (QED) is 0.738. The Morgan fingerprint density at radius 2 is 2.11 bits per heavy atom. The number of rotatable bonds is 6. The molecule has 1 aromatic carbocycles. The van der Waals surface area contributed by atoms with Gasteiger partial charge in [0.05, 0.1) is 6.61 Å². The maximum absolute atomic E-state index is 5.81. The number of para-hydroxylation sites is 1. The van der Waals surface area contributed by atoms with Crippen molar-refractivity contribution in [3.63, 3.8) is 0 Å². The topological polar surface area (TPSA) is 12.5 Å². The van der Waals surface area contributed by atoms with Crippen molar-refractivity contribution in [3.8, 4) is 5.75 Å². The first-order valence-corrected chi connectivity index (χ1v) is 8.52. The number of hydrogen-bond donors (Lipinski definition) is 0. The molecule has 1 atom stereocenters. The molecule has 0 N–H and O–H groups in total. The molecule has 1 unspecified atom stereocenters. The molecule has 3 heteroatoms. The second-order valence-corrected chi connectivity index (χ2v) is 6.46. The van der Waals surface area contributed by atoms with Gasteiger partial charge in [0.2, 0.25) is 0 Å². The molecular weight excluding hydrogens is 302 g/mol. The van der Waals surface area contributed by atoms with Crippen molar-refractivity contribution in [2.75, 3.05) is 25.0 Å². The zero-order valence-corrected chi connectivity index (χ0v) is 12.9. The molecule has 1 heterocycles. The van der Waals surface area contributed by atoms with E-state index in [1.54, 1.807) is 0 Å². The molecule has 2 aliphatic rings. The highest BCUT2D eigenvalue weighted by atomic mass is 79.9. The third-order valence-corrected chi connectivity index (χ3v) is 4.98. The first-order valence-electron chi connectivity index (χ1n) is 7.40. The van der Waals surface area contributed by atoms with Gasteiger partial charge in [-0.05, 0) is 31.9 Å². The molecule has 0 bridgehead atoms. The van der Waals surface area contributed by atoms with Gasteiger partial charge in [-0.15, -0.1) is 0 Å². The number of halogens is 1. The summed E-state index contributed by atoms with van der Waals surface area (Å²) >= 11 is 3.55. The molecule has 0 amide bonds. The van der Waals surface area contributed by atoms with Crippen LogP contribution in [0.5, 0.6) is 5.75 Å². The monoisotopic (exact) mass is 323 g/mol. The van der Waals surface area contributed by atoms with Crippen LogP contribution in [0.25, 0.3) is 0 Å². The third kappa shape index (κ3) is 2.97. The summed E-state index contributed by atoms with van der Waals surface area (Å²) in [6.07, 6.45) is 5.42. The van der Waals surface area contributed by atoms with Gasteiger partial charge in [0, 0.05) is 29.4 Å². The van der Waals surface area contributed by atoms with Crippen LogP contribution < -0.4 is 4.74 Å². The van der Waals surface area contributed by atoms with Crippen LogP contribution in [0.15, 0.2) is 24.3 Å². The average Bonchev–Trinajstić information content (AvgIpc) is 2.77. The normalized spacial score (nSPS) is 22.1. The van der Waals surface area contributed by atoms with Crippen LogP contribution in [-0.4, -0.2) is 36.0 Å². The fourth-order valence-corrected chi connectivity index (χ4v) is 3.35. The fraction of sp³-hybridized carbons (Fsp3) is 0.625. The summed E-state index contributed by atoms with van der Waals surface area (Å²) in [4.78, 5) is 2.70. The molecule has 0 spiro atoms. The molecule has 2 nitrogen and oxygen atoms in total. The van der Waals surface area contributed by atoms with Crippen molar-refractivity contribution in [1.82, 2.24) is 4.90 Å². The lowest BCUT2D eigenvalue weighted by Crippen LogP contribution is -2.43. The molecule has 0 radical (unpaired) electrons. The van der Waals surface area contributed by atoms with Gasteiger partial charge in [-0.25, -0.2) is 0 Å². The van der Waals surface area contributed by atoms with E-state index in [1.807, 2.05) is 0 Å². The summed E-state index contributed by atoms with van der Waals surface area (Å²) in [6.45, 7) is 3.24. The highest BCUT2D eigenvalue weighted by molar-refractivity contribution is 9.09. The SMILES string of the molecule is BrCCCN(CC1COc2ccccc21)C1CCC1. The van der Waals surface area contributed by atoms with Gasteiger partial charge >= 0.3 is 0 Å². The molecule has 1 aromatic rings. The number of nitrogens with zero attached hydrogens (tertiary/aromatic N) is 1. The fourth-order valence-electron chi connectivity index (χ4n) is 3.10. The van der Waals surface area contributed by atoms with Gasteiger partial charge in [-0.3, -0.25) is 4.90 Å². The lowest BCUT2D eigenvalue weighted by atomic mass is 9.90. The Bertz CT molecular complexity index is 419. The largest absolute Gasteiger partial charge is 0.493 e. The van der Waals surface area contributed by atoms with E-state index in [2.05, 4.69) is 45.1 Å². The summed E-state index contributed by atoms with van der Waals surface area (Å²) in [5.41, 5.74) is 1.41. The van der Waals surface area contributed by atoms with Crippen molar-refractivity contribution in [1.29, 1.82) is 0 Å². The summed E-state index contributed by atoms with van der Waals surface area (Å²) in [6, 6.07) is 9.35. The van der Waals surface area contributed by atoms with E-state index in [-0.39, 0.29) is 0 Å². The van der Waals surface area contributed by atoms with Gasteiger partial charge in [0.15, 0.2) is 0 Å². The van der Waals surface area contributed by atoms with E-state index in [9.17, 15) is 0 Å². The number of ether oxygens (including phenoxy) is 1. The Kier molecular flexibility index (Phi) is 4.44. The first kappa shape index (κ1) is 13.4. The van der Waals surface area contributed by atoms with Crippen LogP contribution in [-0.2, 0) is 0 Å². The highest BCUT2D eigenvalue weighted by Gasteiger charge is 2.30. The van der Waals surface area contributed by atoms with Crippen LogP contribution in [0, 0.1) is 0 Å². The molecule has 3 rings (SSSR count). The van der Waals surface area contributed by atoms with Crippen LogP contribution in [0.2, 0.25) is 0 Å². The molecular formula is C16H22BrNO. The zero-order valence-electron chi connectivity index (χ0n) is 11.4. The summed E-state index contributed by atoms with van der Waals surface area (Å²) in [5, 5.41) is 1.11. The van der Waals surface area contributed by atoms with Gasteiger partial charge in [0.1, 0.15) is 5.75 Å². The molecule has 1 fully saturated rings. The summed E-state index contributed by atoms with van der Waals surface area (Å²) in [7, 11) is 0. The Morgan fingerprint density at radius 3 is 2.84 bits per heavy atom. The molecule has 1 aliphatic heterocycles. The van der Waals surface area contributed by atoms with Gasteiger partial charge in [-0.1, -0.05) is 40.5 Å². The van der Waals surface area contributed by atoms with Crippen molar-refractivity contribution in [3.05, 3.63) is 29.8 Å². The first-order chi connectivity index (χ1) is 9.38. The standard InChI is InChI=1S/C16H22BrNO/c17-9-4-10-18(14-5-3-6-14)11-13-12-19-16-8-2-1-7-15(13)16/h1-2,7-8,13-14H,3-6,9-12H2. The molecule has 1 saturated carbocycles. The number of benzene rings is 1. The van der Waals surface area contributed by atoms with Crippen LogP contribution in [0.3, 0.4) is 0 Å². The molecule has 104 valence electrons. The van der Waals surface area contributed by atoms with Crippen molar-refractivity contribution >= 4 is 15.9 Å². The third-order valence-electron chi connectivity index (χ3n) is 4.42. The summed E-state index contributed by atoms with van der Waals surface area (Å²) in [5.74, 6) is 1.66. The molecule has 1 aliphatic carbocycles. The van der Waals surface area contributed by atoms with Gasteiger partial charge < -0.3 is 4.74 Å². The van der Waals surface area contributed by atoms with E-state index < -0.39 is 0 Å². The highest BCUT2D eigenvalue weighted by Crippen LogP contribution is 2.35. The molecule has 0 aromatic heterocycles.